The number of aromatic hydroxyl groups is 1. The number of aromatic carboxylic acids is 1. The van der Waals surface area contributed by atoms with Crippen LogP contribution in [0.15, 0.2) is 42.5 Å². The van der Waals surface area contributed by atoms with Crippen LogP contribution in [-0.2, 0) is 32.0 Å². The highest BCUT2D eigenvalue weighted by atomic mass is 16.6. The molecule has 0 spiro atoms. The van der Waals surface area contributed by atoms with Gasteiger partial charge >= 0.3 is 18.0 Å². The monoisotopic (exact) mass is 615 g/mol. The van der Waals surface area contributed by atoms with Crippen molar-refractivity contribution in [1.82, 2.24) is 16.0 Å². The number of alkyl carbamates (subject to hydrolysis) is 1. The molecule has 0 saturated carbocycles. The van der Waals surface area contributed by atoms with Crippen molar-refractivity contribution in [3.8, 4) is 11.5 Å². The zero-order chi connectivity index (χ0) is 32.9. The standard InChI is InChI=1S/C31H41N3O10/c1-5-6-7-14-32-27(38)23(17-20-10-13-25(43-18-26(36)37)22(15-20)29(40)41)33-28(39)24(34-30(42)44-31(2,3)4)16-19-8-11-21(35)12-9-19/h8-13,15,23-24,35H,5-7,14,16-18H2,1-4H3,(H,32,38)(H,33,39)(H,34,42)(H,36,37)(H,40,41)/t23-,24-/m0/s1. The van der Waals surface area contributed by atoms with Crippen LogP contribution in [0.1, 0.15) is 68.4 Å². The minimum absolute atomic E-state index is 0.00890. The lowest BCUT2D eigenvalue weighted by molar-refractivity contribution is -0.139. The van der Waals surface area contributed by atoms with E-state index in [9.17, 15) is 34.2 Å². The zero-order valence-electron chi connectivity index (χ0n) is 25.3. The third-order valence-corrected chi connectivity index (χ3v) is 6.16. The predicted molar refractivity (Wildman–Crippen MR) is 160 cm³/mol. The van der Waals surface area contributed by atoms with Gasteiger partial charge in [-0.05, 0) is 62.6 Å². The maximum absolute atomic E-state index is 13.6. The molecule has 0 aliphatic rings. The van der Waals surface area contributed by atoms with Gasteiger partial charge in [-0.1, -0.05) is 38.0 Å². The maximum Gasteiger partial charge on any atom is 0.408 e. The summed E-state index contributed by atoms with van der Waals surface area (Å²) in [5.41, 5.74) is -0.182. The molecule has 0 saturated heterocycles. The first kappa shape index (κ1) is 35.4. The Balaban J connectivity index is 2.36. The summed E-state index contributed by atoms with van der Waals surface area (Å²) >= 11 is 0. The lowest BCUT2D eigenvalue weighted by Gasteiger charge is -2.25. The molecule has 6 N–H and O–H groups in total. The Hall–Kier alpha value is -4.81. The number of phenols is 1. The van der Waals surface area contributed by atoms with Crippen LogP contribution in [0.3, 0.4) is 0 Å². The van der Waals surface area contributed by atoms with E-state index in [1.807, 2.05) is 6.92 Å². The van der Waals surface area contributed by atoms with Crippen molar-refractivity contribution in [3.05, 3.63) is 59.2 Å². The topological polar surface area (TPSA) is 201 Å². The highest BCUT2D eigenvalue weighted by Crippen LogP contribution is 2.22. The van der Waals surface area contributed by atoms with Crippen LogP contribution in [0.4, 0.5) is 4.79 Å². The molecule has 2 rings (SSSR count). The summed E-state index contributed by atoms with van der Waals surface area (Å²) in [6.07, 6.45) is 1.56. The number of carbonyl (C=O) groups is 5. The van der Waals surface area contributed by atoms with Crippen LogP contribution in [0.25, 0.3) is 0 Å². The summed E-state index contributed by atoms with van der Waals surface area (Å²) < 4.78 is 10.4. The van der Waals surface area contributed by atoms with Crippen LogP contribution in [0, 0.1) is 0 Å². The number of hydrogen-bond donors (Lipinski definition) is 6. The third kappa shape index (κ3) is 12.6. The third-order valence-electron chi connectivity index (χ3n) is 6.16. The fourth-order valence-electron chi connectivity index (χ4n) is 4.09. The number of nitrogens with one attached hydrogen (secondary N) is 3. The van der Waals surface area contributed by atoms with Gasteiger partial charge < -0.3 is 40.7 Å². The zero-order valence-corrected chi connectivity index (χ0v) is 25.3. The first-order chi connectivity index (χ1) is 20.7. The molecule has 240 valence electrons. The second-order valence-electron chi connectivity index (χ2n) is 11.2. The number of aliphatic carboxylic acids is 1. The van der Waals surface area contributed by atoms with E-state index in [1.165, 1.54) is 30.3 Å². The summed E-state index contributed by atoms with van der Waals surface area (Å²) in [5.74, 6) is -4.00. The van der Waals surface area contributed by atoms with E-state index in [4.69, 9.17) is 14.6 Å². The molecular weight excluding hydrogens is 574 g/mol. The van der Waals surface area contributed by atoms with Crippen molar-refractivity contribution in [2.24, 2.45) is 0 Å². The van der Waals surface area contributed by atoms with Gasteiger partial charge in [-0.3, -0.25) is 9.59 Å². The Labute approximate surface area is 255 Å². The number of phenolic OH excluding ortho intramolecular Hbond substituents is 1. The van der Waals surface area contributed by atoms with E-state index >= 15 is 0 Å². The normalized spacial score (nSPS) is 12.4. The number of carboxylic acid groups (broad SMARTS) is 2. The van der Waals surface area contributed by atoms with Gasteiger partial charge in [-0.25, -0.2) is 14.4 Å². The van der Waals surface area contributed by atoms with E-state index in [0.29, 0.717) is 24.1 Å². The first-order valence-electron chi connectivity index (χ1n) is 14.2. The van der Waals surface area contributed by atoms with Crippen molar-refractivity contribution < 1.29 is 48.8 Å². The van der Waals surface area contributed by atoms with Crippen LogP contribution in [0.2, 0.25) is 0 Å². The lowest BCUT2D eigenvalue weighted by Crippen LogP contribution is -2.55. The fraction of sp³-hybridized carbons (Fsp3) is 0.452. The van der Waals surface area contributed by atoms with Gasteiger partial charge in [0.15, 0.2) is 6.61 Å². The van der Waals surface area contributed by atoms with E-state index in [2.05, 4.69) is 16.0 Å². The molecule has 2 aromatic rings. The molecule has 0 aliphatic carbocycles. The van der Waals surface area contributed by atoms with E-state index in [0.717, 1.165) is 12.8 Å². The highest BCUT2D eigenvalue weighted by Gasteiger charge is 2.29. The van der Waals surface area contributed by atoms with Gasteiger partial charge in [-0.15, -0.1) is 0 Å². The van der Waals surface area contributed by atoms with Gasteiger partial charge in [0.1, 0.15) is 34.7 Å². The summed E-state index contributed by atoms with van der Waals surface area (Å²) in [6.45, 7) is 6.64. The van der Waals surface area contributed by atoms with Crippen molar-refractivity contribution in [1.29, 1.82) is 0 Å². The molecule has 0 unspecified atom stereocenters. The van der Waals surface area contributed by atoms with Gasteiger partial charge in [0.05, 0.1) is 0 Å². The molecule has 0 aliphatic heterocycles. The number of unbranched alkanes of at least 4 members (excludes halogenated alkanes) is 2. The summed E-state index contributed by atoms with van der Waals surface area (Å²) in [5, 5.41) is 36.2. The average molecular weight is 616 g/mol. The predicted octanol–water partition coefficient (Wildman–Crippen LogP) is 3.02. The molecule has 2 aromatic carbocycles. The van der Waals surface area contributed by atoms with Gasteiger partial charge in [0.25, 0.3) is 0 Å². The number of carboxylic acids is 2. The second kappa shape index (κ2) is 16.7. The number of ether oxygens (including phenoxy) is 2. The highest BCUT2D eigenvalue weighted by molar-refractivity contribution is 5.93. The Morgan fingerprint density at radius 2 is 1.45 bits per heavy atom. The van der Waals surface area contributed by atoms with Crippen LogP contribution in [-0.4, -0.2) is 76.0 Å². The Bertz CT molecular complexity index is 1300. The molecule has 0 radical (unpaired) electrons. The summed E-state index contributed by atoms with van der Waals surface area (Å²) in [7, 11) is 0. The maximum atomic E-state index is 13.6. The first-order valence-corrected chi connectivity index (χ1v) is 14.2. The SMILES string of the molecule is CCCCCNC(=O)[C@H](Cc1ccc(OCC(=O)O)c(C(=O)O)c1)NC(=O)[C@H](Cc1ccc(O)cc1)NC(=O)OC(C)(C)C. The van der Waals surface area contributed by atoms with Crippen molar-refractivity contribution in [2.75, 3.05) is 13.2 Å². The number of amides is 3. The van der Waals surface area contributed by atoms with Gasteiger partial charge in [0.2, 0.25) is 11.8 Å². The lowest BCUT2D eigenvalue weighted by atomic mass is 10.0. The second-order valence-corrected chi connectivity index (χ2v) is 11.2. The largest absolute Gasteiger partial charge is 0.508 e. The van der Waals surface area contributed by atoms with Crippen LogP contribution < -0.4 is 20.7 Å². The molecule has 0 heterocycles. The Morgan fingerprint density at radius 1 is 0.841 bits per heavy atom. The molecule has 0 aromatic heterocycles. The summed E-state index contributed by atoms with van der Waals surface area (Å²) in [4.78, 5) is 62.2. The van der Waals surface area contributed by atoms with E-state index < -0.39 is 54.1 Å². The fourth-order valence-corrected chi connectivity index (χ4v) is 4.09. The molecule has 13 heteroatoms. The summed E-state index contributed by atoms with van der Waals surface area (Å²) in [6, 6.07) is 7.72. The van der Waals surface area contributed by atoms with Crippen LogP contribution in [0.5, 0.6) is 11.5 Å². The number of carbonyl (C=O) groups excluding carboxylic acids is 3. The number of benzene rings is 2. The minimum Gasteiger partial charge on any atom is -0.508 e. The number of rotatable bonds is 16. The van der Waals surface area contributed by atoms with Gasteiger partial charge in [-0.2, -0.15) is 0 Å². The molecule has 2 atom stereocenters. The van der Waals surface area contributed by atoms with E-state index in [1.54, 1.807) is 32.9 Å². The smallest absolute Gasteiger partial charge is 0.408 e. The minimum atomic E-state index is -1.37. The average Bonchev–Trinajstić information content (AvgIpc) is 2.93. The Kier molecular flexibility index (Phi) is 13.5. The molecule has 13 nitrogen and oxygen atoms in total. The van der Waals surface area contributed by atoms with E-state index in [-0.39, 0.29) is 29.9 Å². The molecule has 0 fully saturated rings. The molecule has 44 heavy (non-hydrogen) atoms. The quantitative estimate of drug-likeness (QED) is 0.153. The van der Waals surface area contributed by atoms with Crippen molar-refractivity contribution in [3.63, 3.8) is 0 Å². The molecular formula is C31H41N3O10. The van der Waals surface area contributed by atoms with Crippen LogP contribution >= 0.6 is 0 Å². The molecule has 0 bridgehead atoms. The number of hydrogen-bond acceptors (Lipinski definition) is 8. The van der Waals surface area contributed by atoms with Crippen molar-refractivity contribution in [2.45, 2.75) is 77.5 Å². The van der Waals surface area contributed by atoms with Gasteiger partial charge in [0, 0.05) is 19.4 Å². The molecule has 3 amide bonds. The van der Waals surface area contributed by atoms with Crippen molar-refractivity contribution >= 4 is 29.8 Å². The Morgan fingerprint density at radius 3 is 2.05 bits per heavy atom.